The van der Waals surface area contributed by atoms with E-state index >= 15 is 0 Å². The van der Waals surface area contributed by atoms with Crippen LogP contribution in [-0.4, -0.2) is 42.3 Å². The van der Waals surface area contributed by atoms with Crippen molar-refractivity contribution in [3.8, 4) is 17.2 Å². The van der Waals surface area contributed by atoms with Gasteiger partial charge in [-0.2, -0.15) is 0 Å². The van der Waals surface area contributed by atoms with Crippen LogP contribution in [0.25, 0.3) is 0 Å². The fraction of sp³-hybridized carbons (Fsp3) is 0.333. The van der Waals surface area contributed by atoms with E-state index in [1.165, 1.54) is 0 Å². The van der Waals surface area contributed by atoms with E-state index < -0.39 is 6.09 Å². The summed E-state index contributed by atoms with van der Waals surface area (Å²) < 4.78 is 16.1. The van der Waals surface area contributed by atoms with Crippen molar-refractivity contribution in [2.24, 2.45) is 10.9 Å². The summed E-state index contributed by atoms with van der Waals surface area (Å²) in [6.07, 6.45) is -0.0978. The number of amidine groups is 1. The third kappa shape index (κ3) is 6.31. The van der Waals surface area contributed by atoms with Crippen molar-refractivity contribution in [1.29, 1.82) is 0 Å². The molecule has 1 atom stereocenters. The Hall–Kier alpha value is -3.42. The minimum Gasteiger partial charge on any atom is -0.497 e. The van der Waals surface area contributed by atoms with Crippen LogP contribution in [0.3, 0.4) is 0 Å². The number of benzene rings is 2. The van der Waals surface area contributed by atoms with Gasteiger partial charge in [0.25, 0.3) is 0 Å². The van der Waals surface area contributed by atoms with Crippen LogP contribution in [0, 0.1) is 0 Å². The lowest BCUT2D eigenvalue weighted by Crippen LogP contribution is -2.35. The van der Waals surface area contributed by atoms with Gasteiger partial charge in [0.05, 0.1) is 19.8 Å². The number of amides is 1. The number of hydrogen-bond acceptors (Lipinski definition) is 6. The normalized spacial score (nSPS) is 12.2. The van der Waals surface area contributed by atoms with Gasteiger partial charge in [-0.05, 0) is 55.8 Å². The van der Waals surface area contributed by atoms with E-state index in [-0.39, 0.29) is 11.9 Å². The van der Waals surface area contributed by atoms with Crippen molar-refractivity contribution in [3.05, 3.63) is 54.1 Å². The molecular weight excluding hydrogens is 374 g/mol. The number of carbonyl (C=O) groups is 1. The number of nitrogens with two attached hydrogens (primary N) is 1. The molecule has 0 saturated carbocycles. The minimum atomic E-state index is -0.427. The lowest BCUT2D eigenvalue weighted by atomic mass is 10.1. The summed E-state index contributed by atoms with van der Waals surface area (Å²) in [5.74, 6) is 1.93. The lowest BCUT2D eigenvalue weighted by Gasteiger charge is -2.27. The molecule has 3 N–H and O–H groups in total. The molecule has 1 amide bonds. The van der Waals surface area contributed by atoms with E-state index in [0.29, 0.717) is 36.8 Å². The summed E-state index contributed by atoms with van der Waals surface area (Å²) >= 11 is 0. The summed E-state index contributed by atoms with van der Waals surface area (Å²) in [4.78, 5) is 14.3. The van der Waals surface area contributed by atoms with Gasteiger partial charge in [-0.25, -0.2) is 4.79 Å². The quantitative estimate of drug-likeness (QED) is 0.286. The molecule has 156 valence electrons. The van der Waals surface area contributed by atoms with Crippen LogP contribution in [-0.2, 0) is 0 Å². The van der Waals surface area contributed by atoms with E-state index in [2.05, 4.69) is 5.16 Å². The Labute approximate surface area is 170 Å². The second-order valence-electron chi connectivity index (χ2n) is 6.26. The second kappa shape index (κ2) is 10.8. The third-order valence-electron chi connectivity index (χ3n) is 4.43. The van der Waals surface area contributed by atoms with Crippen LogP contribution in [0.5, 0.6) is 17.2 Å². The molecule has 0 fully saturated rings. The smallest absolute Gasteiger partial charge is 0.415 e. The van der Waals surface area contributed by atoms with E-state index in [9.17, 15) is 4.79 Å². The zero-order valence-corrected chi connectivity index (χ0v) is 16.9. The van der Waals surface area contributed by atoms with Gasteiger partial charge in [-0.15, -0.1) is 0 Å². The van der Waals surface area contributed by atoms with Crippen molar-refractivity contribution < 1.29 is 24.2 Å². The predicted molar refractivity (Wildman–Crippen MR) is 110 cm³/mol. The van der Waals surface area contributed by atoms with Crippen LogP contribution < -0.4 is 19.9 Å². The Kier molecular flexibility index (Phi) is 8.14. The van der Waals surface area contributed by atoms with E-state index in [1.54, 1.807) is 36.3 Å². The number of rotatable bonds is 9. The van der Waals surface area contributed by atoms with Gasteiger partial charge >= 0.3 is 6.09 Å². The predicted octanol–water partition coefficient (Wildman–Crippen LogP) is 3.79. The van der Waals surface area contributed by atoms with Gasteiger partial charge in [0.1, 0.15) is 23.1 Å². The molecule has 0 aliphatic carbocycles. The van der Waals surface area contributed by atoms with Crippen molar-refractivity contribution in [1.82, 2.24) is 4.90 Å². The number of ether oxygens (including phenoxy) is 3. The Bertz CT molecular complexity index is 806. The van der Waals surface area contributed by atoms with Crippen molar-refractivity contribution in [3.63, 3.8) is 0 Å². The molecule has 2 aromatic rings. The van der Waals surface area contributed by atoms with E-state index in [0.717, 1.165) is 5.56 Å². The molecule has 0 radical (unpaired) electrons. The Morgan fingerprint density at radius 1 is 1.10 bits per heavy atom. The first-order chi connectivity index (χ1) is 14.0. The zero-order valence-electron chi connectivity index (χ0n) is 16.9. The molecule has 0 saturated heterocycles. The van der Waals surface area contributed by atoms with E-state index in [4.69, 9.17) is 25.2 Å². The van der Waals surface area contributed by atoms with Crippen LogP contribution in [0.15, 0.2) is 53.7 Å². The maximum atomic E-state index is 12.6. The first kappa shape index (κ1) is 21.9. The average molecular weight is 401 g/mol. The standard InChI is InChI=1S/C21H27N3O5/c1-4-24(21(25)29-19-11-9-17(27-3)10-12-19)15(2)16-5-7-18(8-6-16)28-14-13-20(22)23-26/h5-12,15,26H,4,13-14H2,1-3H3,(H2,22,23)/t15-/m0/s1. The first-order valence-electron chi connectivity index (χ1n) is 9.30. The van der Waals surface area contributed by atoms with Crippen molar-refractivity contribution in [2.75, 3.05) is 20.3 Å². The SMILES string of the molecule is CCN(C(=O)Oc1ccc(OC)cc1)[C@@H](C)c1ccc(OCC/C(N)=N\O)cc1. The molecule has 0 aromatic heterocycles. The van der Waals surface area contributed by atoms with Crippen LogP contribution >= 0.6 is 0 Å². The molecule has 8 heteroatoms. The molecule has 2 aromatic carbocycles. The highest BCUT2D eigenvalue weighted by Gasteiger charge is 2.22. The third-order valence-corrected chi connectivity index (χ3v) is 4.43. The molecule has 29 heavy (non-hydrogen) atoms. The van der Waals surface area contributed by atoms with Gasteiger partial charge in [0, 0.05) is 13.0 Å². The number of methoxy groups -OCH3 is 1. The minimum absolute atomic E-state index is 0.115. The highest BCUT2D eigenvalue weighted by Crippen LogP contribution is 2.25. The number of nitrogens with zero attached hydrogens (tertiary/aromatic N) is 2. The first-order valence-corrected chi connectivity index (χ1v) is 9.30. The number of carbonyl (C=O) groups excluding carboxylic acids is 1. The van der Waals surface area contributed by atoms with Gasteiger partial charge in [-0.1, -0.05) is 17.3 Å². The molecule has 2 rings (SSSR count). The second-order valence-corrected chi connectivity index (χ2v) is 6.26. The molecule has 8 nitrogen and oxygen atoms in total. The Morgan fingerprint density at radius 3 is 2.24 bits per heavy atom. The maximum Gasteiger partial charge on any atom is 0.415 e. The van der Waals surface area contributed by atoms with Gasteiger partial charge in [0.2, 0.25) is 0 Å². The molecule has 0 spiro atoms. The summed E-state index contributed by atoms with van der Waals surface area (Å²) in [6, 6.07) is 14.1. The summed E-state index contributed by atoms with van der Waals surface area (Å²) in [6.45, 7) is 4.64. The molecule has 0 bridgehead atoms. The van der Waals surface area contributed by atoms with Gasteiger partial charge in [0.15, 0.2) is 0 Å². The van der Waals surface area contributed by atoms with E-state index in [1.807, 2.05) is 38.1 Å². The Balaban J connectivity index is 1.98. The zero-order chi connectivity index (χ0) is 21.2. The molecule has 0 aliphatic rings. The summed E-state index contributed by atoms with van der Waals surface area (Å²) in [7, 11) is 1.58. The lowest BCUT2D eigenvalue weighted by molar-refractivity contribution is 0.138. The summed E-state index contributed by atoms with van der Waals surface area (Å²) in [5, 5.41) is 11.4. The van der Waals surface area contributed by atoms with Crippen LogP contribution in [0.4, 0.5) is 4.79 Å². The maximum absolute atomic E-state index is 12.6. The average Bonchev–Trinajstić information content (AvgIpc) is 2.75. The Morgan fingerprint density at radius 2 is 1.69 bits per heavy atom. The van der Waals surface area contributed by atoms with Gasteiger partial charge < -0.3 is 30.1 Å². The molecule has 0 heterocycles. The van der Waals surface area contributed by atoms with Crippen LogP contribution in [0.2, 0.25) is 0 Å². The number of hydrogen-bond donors (Lipinski definition) is 2. The number of oxime groups is 1. The molecule has 0 aliphatic heterocycles. The fourth-order valence-corrected chi connectivity index (χ4v) is 2.71. The topological polar surface area (TPSA) is 107 Å². The van der Waals surface area contributed by atoms with Crippen LogP contribution in [0.1, 0.15) is 31.9 Å². The monoisotopic (exact) mass is 401 g/mol. The molecular formula is C21H27N3O5. The van der Waals surface area contributed by atoms with Gasteiger partial charge in [-0.3, -0.25) is 0 Å². The largest absolute Gasteiger partial charge is 0.497 e. The fourth-order valence-electron chi connectivity index (χ4n) is 2.71. The highest BCUT2D eigenvalue weighted by atomic mass is 16.6. The van der Waals surface area contributed by atoms with Crippen molar-refractivity contribution in [2.45, 2.75) is 26.3 Å². The molecule has 0 unspecified atom stereocenters. The summed E-state index contributed by atoms with van der Waals surface area (Å²) in [5.41, 5.74) is 6.36. The van der Waals surface area contributed by atoms with Crippen molar-refractivity contribution >= 4 is 11.9 Å². The highest BCUT2D eigenvalue weighted by molar-refractivity contribution is 5.79.